The highest BCUT2D eigenvalue weighted by Gasteiger charge is 2.13. The molecule has 0 aromatic heterocycles. The predicted molar refractivity (Wildman–Crippen MR) is 76.4 cm³/mol. The quantitative estimate of drug-likeness (QED) is 0.318. The molecular weight excluding hydrogens is 242 g/mol. The molecule has 1 amide bonds. The Balaban J connectivity index is 4.52. The van der Waals surface area contributed by atoms with E-state index in [4.69, 9.17) is 0 Å². The van der Waals surface area contributed by atoms with E-state index in [9.17, 15) is 9.59 Å². The highest BCUT2D eigenvalue weighted by molar-refractivity contribution is 5.94. The summed E-state index contributed by atoms with van der Waals surface area (Å²) in [5.41, 5.74) is 0.914. The van der Waals surface area contributed by atoms with Crippen LogP contribution in [0.25, 0.3) is 0 Å². The zero-order valence-corrected chi connectivity index (χ0v) is 12.4. The molecule has 0 aliphatic heterocycles. The number of hydrogen-bond donors (Lipinski definition) is 1. The number of esters is 1. The lowest BCUT2D eigenvalue weighted by Crippen LogP contribution is -2.26. The van der Waals surface area contributed by atoms with E-state index < -0.39 is 5.97 Å². The third kappa shape index (κ3) is 8.19. The molecule has 1 N–H and O–H groups in total. The van der Waals surface area contributed by atoms with E-state index in [1.165, 1.54) is 33.3 Å². The number of nitrogens with one attached hydrogen (secondary N) is 1. The van der Waals surface area contributed by atoms with Crippen molar-refractivity contribution >= 4 is 11.9 Å². The fraction of sp³-hybridized carbons (Fsp3) is 0.600. The fourth-order valence-electron chi connectivity index (χ4n) is 1.62. The predicted octanol–water partition coefficient (Wildman–Crippen LogP) is 3.10. The summed E-state index contributed by atoms with van der Waals surface area (Å²) in [7, 11) is 1.30. The largest absolute Gasteiger partial charge is 0.464 e. The van der Waals surface area contributed by atoms with Crippen LogP contribution in [0, 0.1) is 0 Å². The van der Waals surface area contributed by atoms with Crippen LogP contribution in [-0.2, 0) is 14.3 Å². The maximum atomic E-state index is 11.5. The van der Waals surface area contributed by atoms with Crippen molar-refractivity contribution in [3.63, 3.8) is 0 Å². The van der Waals surface area contributed by atoms with Gasteiger partial charge in [0.1, 0.15) is 5.70 Å². The molecule has 0 saturated heterocycles. The normalized spacial score (nSPS) is 12.2. The van der Waals surface area contributed by atoms with Crippen molar-refractivity contribution in [2.45, 2.75) is 52.9 Å². The molecule has 0 unspecified atom stereocenters. The van der Waals surface area contributed by atoms with Crippen molar-refractivity contribution in [3.05, 3.63) is 23.4 Å². The Morgan fingerprint density at radius 2 is 1.84 bits per heavy atom. The molecule has 19 heavy (non-hydrogen) atoms. The third-order valence-electron chi connectivity index (χ3n) is 2.68. The van der Waals surface area contributed by atoms with E-state index in [1.54, 1.807) is 6.92 Å². The van der Waals surface area contributed by atoms with Gasteiger partial charge in [0, 0.05) is 6.92 Å². The maximum absolute atomic E-state index is 11.5. The monoisotopic (exact) mass is 267 g/mol. The van der Waals surface area contributed by atoms with Crippen LogP contribution in [0.4, 0.5) is 0 Å². The van der Waals surface area contributed by atoms with Gasteiger partial charge in [0.2, 0.25) is 5.91 Å². The van der Waals surface area contributed by atoms with E-state index in [2.05, 4.69) is 17.0 Å². The van der Waals surface area contributed by atoms with Crippen LogP contribution < -0.4 is 5.32 Å². The van der Waals surface area contributed by atoms with Gasteiger partial charge in [-0.25, -0.2) is 4.79 Å². The van der Waals surface area contributed by atoms with Crippen LogP contribution in [0.5, 0.6) is 0 Å². The highest BCUT2D eigenvalue weighted by atomic mass is 16.5. The number of carbonyl (C=O) groups excluding carboxylic acids is 2. The molecule has 0 bridgehead atoms. The van der Waals surface area contributed by atoms with Crippen LogP contribution in [0.3, 0.4) is 0 Å². The molecule has 0 rings (SSSR count). The summed E-state index contributed by atoms with van der Waals surface area (Å²) in [6, 6.07) is 0. The number of carbonyl (C=O) groups is 2. The Bertz CT molecular complexity index is 356. The van der Waals surface area contributed by atoms with Crippen LogP contribution in [0.1, 0.15) is 52.9 Å². The number of ether oxygens (including phenoxy) is 1. The SMILES string of the molecule is CCCCCC/C=C/C(C)=C(\NC(C)=O)C(=O)OC. The molecule has 0 aromatic carbocycles. The van der Waals surface area contributed by atoms with Crippen molar-refractivity contribution in [3.8, 4) is 0 Å². The molecule has 4 heteroatoms. The number of methoxy groups -OCH3 is 1. The Kier molecular flexibility index (Phi) is 9.49. The fourth-order valence-corrected chi connectivity index (χ4v) is 1.62. The van der Waals surface area contributed by atoms with E-state index in [1.807, 2.05) is 12.2 Å². The second-order valence-corrected chi connectivity index (χ2v) is 4.48. The minimum Gasteiger partial charge on any atom is -0.464 e. The summed E-state index contributed by atoms with van der Waals surface area (Å²) in [6.45, 7) is 5.33. The van der Waals surface area contributed by atoms with Gasteiger partial charge in [-0.3, -0.25) is 4.79 Å². The number of amides is 1. The average Bonchev–Trinajstić information content (AvgIpc) is 2.38. The molecular formula is C15H25NO3. The summed E-state index contributed by atoms with van der Waals surface area (Å²) >= 11 is 0. The molecule has 0 spiro atoms. The molecule has 0 heterocycles. The van der Waals surface area contributed by atoms with Gasteiger partial charge in [0.25, 0.3) is 0 Å². The van der Waals surface area contributed by atoms with Crippen molar-refractivity contribution in [1.29, 1.82) is 0 Å². The summed E-state index contributed by atoms with van der Waals surface area (Å²) in [6.07, 6.45) is 9.69. The Morgan fingerprint density at radius 1 is 1.16 bits per heavy atom. The number of hydrogen-bond acceptors (Lipinski definition) is 3. The molecule has 0 radical (unpaired) electrons. The van der Waals surface area contributed by atoms with Gasteiger partial charge < -0.3 is 10.1 Å². The molecule has 0 aromatic rings. The van der Waals surface area contributed by atoms with Gasteiger partial charge in [0.05, 0.1) is 7.11 Å². The number of allylic oxidation sites excluding steroid dienone is 3. The summed E-state index contributed by atoms with van der Waals surface area (Å²) < 4.78 is 4.65. The second-order valence-electron chi connectivity index (χ2n) is 4.48. The van der Waals surface area contributed by atoms with Gasteiger partial charge in [-0.15, -0.1) is 0 Å². The van der Waals surface area contributed by atoms with E-state index >= 15 is 0 Å². The first-order chi connectivity index (χ1) is 9.02. The lowest BCUT2D eigenvalue weighted by molar-refractivity contribution is -0.137. The zero-order valence-electron chi connectivity index (χ0n) is 12.4. The van der Waals surface area contributed by atoms with Crippen LogP contribution in [-0.4, -0.2) is 19.0 Å². The maximum Gasteiger partial charge on any atom is 0.354 e. The molecule has 4 nitrogen and oxygen atoms in total. The van der Waals surface area contributed by atoms with Crippen molar-refractivity contribution in [2.24, 2.45) is 0 Å². The highest BCUT2D eigenvalue weighted by Crippen LogP contribution is 2.08. The van der Waals surface area contributed by atoms with Crippen molar-refractivity contribution < 1.29 is 14.3 Å². The van der Waals surface area contributed by atoms with Gasteiger partial charge in [0.15, 0.2) is 0 Å². The number of rotatable bonds is 8. The van der Waals surface area contributed by atoms with Gasteiger partial charge >= 0.3 is 5.97 Å². The molecule has 0 saturated carbocycles. The Morgan fingerprint density at radius 3 is 2.37 bits per heavy atom. The van der Waals surface area contributed by atoms with E-state index in [-0.39, 0.29) is 11.6 Å². The van der Waals surface area contributed by atoms with Gasteiger partial charge in [-0.1, -0.05) is 38.3 Å². The molecule has 0 fully saturated rings. The molecule has 108 valence electrons. The molecule has 0 atom stereocenters. The second kappa shape index (κ2) is 10.4. The first kappa shape index (κ1) is 17.4. The summed E-state index contributed by atoms with van der Waals surface area (Å²) in [5, 5.41) is 2.51. The minimum absolute atomic E-state index is 0.208. The van der Waals surface area contributed by atoms with Crippen LogP contribution in [0.15, 0.2) is 23.4 Å². The zero-order chi connectivity index (χ0) is 14.7. The van der Waals surface area contributed by atoms with E-state index in [0.29, 0.717) is 5.57 Å². The van der Waals surface area contributed by atoms with Gasteiger partial charge in [-0.05, 0) is 25.3 Å². The standard InChI is InChI=1S/C15H25NO3/c1-5-6-7-8-9-10-11-12(2)14(15(18)19-4)16-13(3)17/h10-11H,5-9H2,1-4H3,(H,16,17)/b11-10+,14-12-. The molecule has 0 aliphatic rings. The van der Waals surface area contributed by atoms with E-state index in [0.717, 1.165) is 12.8 Å². The lowest BCUT2D eigenvalue weighted by Gasteiger charge is -2.08. The topological polar surface area (TPSA) is 55.4 Å². The van der Waals surface area contributed by atoms with Crippen LogP contribution in [0.2, 0.25) is 0 Å². The number of unbranched alkanes of at least 4 members (excludes halogenated alkanes) is 4. The summed E-state index contributed by atoms with van der Waals surface area (Å²) in [5.74, 6) is -0.806. The first-order valence-electron chi connectivity index (χ1n) is 6.76. The van der Waals surface area contributed by atoms with Crippen LogP contribution >= 0.6 is 0 Å². The van der Waals surface area contributed by atoms with Crippen molar-refractivity contribution in [1.82, 2.24) is 5.32 Å². The molecule has 0 aliphatic carbocycles. The van der Waals surface area contributed by atoms with Crippen molar-refractivity contribution in [2.75, 3.05) is 7.11 Å². The Hall–Kier alpha value is -1.58. The van der Waals surface area contributed by atoms with Gasteiger partial charge in [-0.2, -0.15) is 0 Å². The average molecular weight is 267 g/mol. The smallest absolute Gasteiger partial charge is 0.354 e. The Labute approximate surface area is 115 Å². The minimum atomic E-state index is -0.525. The lowest BCUT2D eigenvalue weighted by atomic mass is 10.1. The third-order valence-corrected chi connectivity index (χ3v) is 2.68. The first-order valence-corrected chi connectivity index (χ1v) is 6.76. The summed E-state index contributed by atoms with van der Waals surface area (Å²) in [4.78, 5) is 22.6.